The second-order valence-corrected chi connectivity index (χ2v) is 5.21. The van der Waals surface area contributed by atoms with Crippen LogP contribution >= 0.6 is 0 Å². The lowest BCUT2D eigenvalue weighted by Gasteiger charge is -2.35. The predicted molar refractivity (Wildman–Crippen MR) is 70.0 cm³/mol. The lowest BCUT2D eigenvalue weighted by Crippen LogP contribution is -2.52. The summed E-state index contributed by atoms with van der Waals surface area (Å²) in [6.45, 7) is 8.79. The molecule has 1 aliphatic rings. The minimum atomic E-state index is 0.342. The molecule has 3 heteroatoms. The molecule has 0 spiro atoms. The highest BCUT2D eigenvalue weighted by Crippen LogP contribution is 2.14. The molecule has 94 valence electrons. The van der Waals surface area contributed by atoms with E-state index in [2.05, 4.69) is 24.1 Å². The van der Waals surface area contributed by atoms with Crippen molar-refractivity contribution in [2.75, 3.05) is 19.6 Å². The molecule has 1 fully saturated rings. The molecule has 1 aliphatic heterocycles. The topological polar surface area (TPSA) is 35.5 Å². The molecular weight excluding hydrogens is 212 g/mol. The zero-order valence-electron chi connectivity index (χ0n) is 10.7. The number of phenolic OH excluding ortho intramolecular Hbond substituents is 1. The number of nitrogens with zero attached hydrogens (tertiary/aromatic N) is 1. The van der Waals surface area contributed by atoms with Gasteiger partial charge in [-0.25, -0.2) is 0 Å². The van der Waals surface area contributed by atoms with Gasteiger partial charge in [-0.1, -0.05) is 26.0 Å². The maximum atomic E-state index is 9.25. The summed E-state index contributed by atoms with van der Waals surface area (Å²) in [5.41, 5.74) is 1.27. The normalized spacial score (nSPS) is 21.9. The molecule has 2 rings (SSSR count). The van der Waals surface area contributed by atoms with E-state index < -0.39 is 0 Å². The van der Waals surface area contributed by atoms with E-state index in [1.807, 2.05) is 12.1 Å². The zero-order chi connectivity index (χ0) is 12.3. The van der Waals surface area contributed by atoms with Gasteiger partial charge in [0.15, 0.2) is 0 Å². The number of hydrogen-bond acceptors (Lipinski definition) is 3. The SMILES string of the molecule is CC(C)C1CN(Cc2ccc(O)cc2)CCN1. The molecule has 1 atom stereocenters. The fraction of sp³-hybridized carbons (Fsp3) is 0.571. The van der Waals surface area contributed by atoms with Crippen LogP contribution in [0.5, 0.6) is 5.75 Å². The maximum Gasteiger partial charge on any atom is 0.115 e. The number of hydrogen-bond donors (Lipinski definition) is 2. The van der Waals surface area contributed by atoms with Gasteiger partial charge in [-0.3, -0.25) is 4.90 Å². The van der Waals surface area contributed by atoms with Crippen LogP contribution in [0.15, 0.2) is 24.3 Å². The van der Waals surface area contributed by atoms with Gasteiger partial charge in [-0.2, -0.15) is 0 Å². The Labute approximate surface area is 103 Å². The lowest BCUT2D eigenvalue weighted by atomic mass is 10.0. The third-order valence-corrected chi connectivity index (χ3v) is 3.44. The molecule has 0 aliphatic carbocycles. The first-order chi connectivity index (χ1) is 8.15. The summed E-state index contributed by atoms with van der Waals surface area (Å²) in [7, 11) is 0. The molecule has 0 bridgehead atoms. The molecule has 2 N–H and O–H groups in total. The van der Waals surface area contributed by atoms with Crippen LogP contribution in [0.2, 0.25) is 0 Å². The standard InChI is InChI=1S/C14H22N2O/c1-11(2)14-10-16(8-7-15-14)9-12-3-5-13(17)6-4-12/h3-6,11,14-15,17H,7-10H2,1-2H3. The lowest BCUT2D eigenvalue weighted by molar-refractivity contribution is 0.168. The maximum absolute atomic E-state index is 9.25. The van der Waals surface area contributed by atoms with E-state index in [0.29, 0.717) is 17.7 Å². The molecule has 0 aromatic heterocycles. The summed E-state index contributed by atoms with van der Waals surface area (Å²) in [6, 6.07) is 8.12. The first kappa shape index (κ1) is 12.4. The monoisotopic (exact) mass is 234 g/mol. The van der Waals surface area contributed by atoms with Crippen LogP contribution < -0.4 is 5.32 Å². The first-order valence-corrected chi connectivity index (χ1v) is 6.39. The van der Waals surface area contributed by atoms with Crippen molar-refractivity contribution < 1.29 is 5.11 Å². The Hall–Kier alpha value is -1.06. The largest absolute Gasteiger partial charge is 0.508 e. The van der Waals surface area contributed by atoms with Crippen molar-refractivity contribution in [1.82, 2.24) is 10.2 Å². The van der Waals surface area contributed by atoms with E-state index in [-0.39, 0.29) is 0 Å². The average Bonchev–Trinajstić information content (AvgIpc) is 2.32. The Morgan fingerprint density at radius 2 is 2.06 bits per heavy atom. The van der Waals surface area contributed by atoms with E-state index >= 15 is 0 Å². The van der Waals surface area contributed by atoms with E-state index in [1.54, 1.807) is 12.1 Å². The molecule has 3 nitrogen and oxygen atoms in total. The molecule has 0 saturated carbocycles. The van der Waals surface area contributed by atoms with Crippen molar-refractivity contribution >= 4 is 0 Å². The van der Waals surface area contributed by atoms with Gasteiger partial charge in [0.05, 0.1) is 0 Å². The Bertz CT molecular complexity index is 348. The molecule has 1 unspecified atom stereocenters. The van der Waals surface area contributed by atoms with Crippen molar-refractivity contribution in [2.45, 2.75) is 26.4 Å². The van der Waals surface area contributed by atoms with Gasteiger partial charge in [0.1, 0.15) is 5.75 Å². The van der Waals surface area contributed by atoms with E-state index in [1.165, 1.54) is 5.56 Å². The highest BCUT2D eigenvalue weighted by atomic mass is 16.3. The predicted octanol–water partition coefficient (Wildman–Crippen LogP) is 1.82. The van der Waals surface area contributed by atoms with Crippen LogP contribution in [0.25, 0.3) is 0 Å². The summed E-state index contributed by atoms with van der Waals surface area (Å²) in [6.07, 6.45) is 0. The second kappa shape index (κ2) is 5.52. The summed E-state index contributed by atoms with van der Waals surface area (Å²) in [5.74, 6) is 1.02. The average molecular weight is 234 g/mol. The summed E-state index contributed by atoms with van der Waals surface area (Å²) in [5, 5.41) is 12.8. The highest BCUT2D eigenvalue weighted by Gasteiger charge is 2.21. The summed E-state index contributed by atoms with van der Waals surface area (Å²) >= 11 is 0. The molecule has 1 saturated heterocycles. The fourth-order valence-corrected chi connectivity index (χ4v) is 2.29. The van der Waals surface area contributed by atoms with Gasteiger partial charge in [0, 0.05) is 32.2 Å². The van der Waals surface area contributed by atoms with Crippen LogP contribution in [0, 0.1) is 5.92 Å². The molecule has 0 radical (unpaired) electrons. The molecule has 1 aromatic carbocycles. The smallest absolute Gasteiger partial charge is 0.115 e. The molecule has 0 amide bonds. The zero-order valence-corrected chi connectivity index (χ0v) is 10.7. The van der Waals surface area contributed by atoms with Crippen LogP contribution in [0.4, 0.5) is 0 Å². The minimum Gasteiger partial charge on any atom is -0.508 e. The second-order valence-electron chi connectivity index (χ2n) is 5.21. The van der Waals surface area contributed by atoms with Crippen molar-refractivity contribution in [3.8, 4) is 5.75 Å². The number of benzene rings is 1. The van der Waals surface area contributed by atoms with Crippen LogP contribution in [0.3, 0.4) is 0 Å². The number of rotatable bonds is 3. The van der Waals surface area contributed by atoms with Crippen molar-refractivity contribution in [3.63, 3.8) is 0 Å². The van der Waals surface area contributed by atoms with E-state index in [4.69, 9.17) is 0 Å². The van der Waals surface area contributed by atoms with Crippen molar-refractivity contribution in [3.05, 3.63) is 29.8 Å². The van der Waals surface area contributed by atoms with Crippen molar-refractivity contribution in [1.29, 1.82) is 0 Å². The molecule has 1 heterocycles. The third kappa shape index (κ3) is 3.45. The van der Waals surface area contributed by atoms with E-state index in [9.17, 15) is 5.11 Å². The number of phenols is 1. The van der Waals surface area contributed by atoms with Crippen molar-refractivity contribution in [2.24, 2.45) is 5.92 Å². The highest BCUT2D eigenvalue weighted by molar-refractivity contribution is 5.25. The third-order valence-electron chi connectivity index (χ3n) is 3.44. The Morgan fingerprint density at radius 3 is 2.71 bits per heavy atom. The minimum absolute atomic E-state index is 0.342. The van der Waals surface area contributed by atoms with Crippen LogP contribution in [-0.2, 0) is 6.54 Å². The van der Waals surface area contributed by atoms with Gasteiger partial charge in [0.25, 0.3) is 0 Å². The Balaban J connectivity index is 1.92. The van der Waals surface area contributed by atoms with Crippen LogP contribution in [0.1, 0.15) is 19.4 Å². The summed E-state index contributed by atoms with van der Waals surface area (Å²) < 4.78 is 0. The van der Waals surface area contributed by atoms with Gasteiger partial charge in [0.2, 0.25) is 0 Å². The van der Waals surface area contributed by atoms with Gasteiger partial charge in [-0.15, -0.1) is 0 Å². The van der Waals surface area contributed by atoms with Gasteiger partial charge >= 0.3 is 0 Å². The summed E-state index contributed by atoms with van der Waals surface area (Å²) in [4.78, 5) is 2.48. The van der Waals surface area contributed by atoms with Crippen LogP contribution in [-0.4, -0.2) is 35.7 Å². The van der Waals surface area contributed by atoms with Gasteiger partial charge in [-0.05, 0) is 23.6 Å². The molecule has 17 heavy (non-hydrogen) atoms. The molecular formula is C14H22N2O. The van der Waals surface area contributed by atoms with Gasteiger partial charge < -0.3 is 10.4 Å². The fourth-order valence-electron chi connectivity index (χ4n) is 2.29. The number of aromatic hydroxyl groups is 1. The Morgan fingerprint density at radius 1 is 1.35 bits per heavy atom. The Kier molecular flexibility index (Phi) is 4.02. The number of piperazine rings is 1. The van der Waals surface area contributed by atoms with E-state index in [0.717, 1.165) is 26.2 Å². The first-order valence-electron chi connectivity index (χ1n) is 6.39. The number of nitrogens with one attached hydrogen (secondary N) is 1. The quantitative estimate of drug-likeness (QED) is 0.837. The molecule has 1 aromatic rings.